The molecule has 0 radical (unpaired) electrons. The maximum atomic E-state index is 12.6. The SMILES string of the molecule is Cc1cc(C(=O)N2CCc3ccc(S(=O)(=O)NC4CCC4)cc3C2)n[nH]1. The van der Waals surface area contributed by atoms with Crippen LogP contribution in [0.2, 0.25) is 0 Å². The molecule has 2 aromatic rings. The summed E-state index contributed by atoms with van der Waals surface area (Å²) in [5.41, 5.74) is 3.20. The number of fused-ring (bicyclic) bond motifs is 1. The van der Waals surface area contributed by atoms with Gasteiger partial charge in [0.25, 0.3) is 5.91 Å². The molecule has 2 heterocycles. The quantitative estimate of drug-likeness (QED) is 0.852. The van der Waals surface area contributed by atoms with Gasteiger partial charge in [-0.2, -0.15) is 5.10 Å². The van der Waals surface area contributed by atoms with Crippen molar-refractivity contribution in [2.45, 2.75) is 50.1 Å². The van der Waals surface area contributed by atoms with Crippen molar-refractivity contribution >= 4 is 15.9 Å². The molecule has 4 rings (SSSR count). The zero-order chi connectivity index (χ0) is 18.3. The van der Waals surface area contributed by atoms with Crippen molar-refractivity contribution in [1.82, 2.24) is 19.8 Å². The lowest BCUT2D eigenvalue weighted by atomic mass is 9.94. The molecule has 1 aromatic heterocycles. The largest absolute Gasteiger partial charge is 0.333 e. The molecule has 1 aliphatic carbocycles. The number of H-pyrrole nitrogens is 1. The highest BCUT2D eigenvalue weighted by atomic mass is 32.2. The van der Waals surface area contributed by atoms with Crippen LogP contribution in [0.5, 0.6) is 0 Å². The van der Waals surface area contributed by atoms with Gasteiger partial charge in [0, 0.05) is 24.8 Å². The van der Waals surface area contributed by atoms with Crippen molar-refractivity contribution in [2.24, 2.45) is 0 Å². The fourth-order valence-electron chi connectivity index (χ4n) is 3.38. The smallest absolute Gasteiger partial charge is 0.274 e. The minimum Gasteiger partial charge on any atom is -0.333 e. The molecule has 1 saturated carbocycles. The summed E-state index contributed by atoms with van der Waals surface area (Å²) in [5, 5.41) is 6.81. The van der Waals surface area contributed by atoms with Crippen LogP contribution in [0, 0.1) is 6.92 Å². The van der Waals surface area contributed by atoms with Crippen LogP contribution >= 0.6 is 0 Å². The Morgan fingerprint density at radius 2 is 2.08 bits per heavy atom. The zero-order valence-corrected chi connectivity index (χ0v) is 15.5. The fraction of sp³-hybridized carbons (Fsp3) is 0.444. The van der Waals surface area contributed by atoms with Gasteiger partial charge in [-0.05, 0) is 55.5 Å². The van der Waals surface area contributed by atoms with Gasteiger partial charge in [-0.3, -0.25) is 9.89 Å². The molecule has 0 bridgehead atoms. The van der Waals surface area contributed by atoms with Gasteiger partial charge in [0.05, 0.1) is 4.90 Å². The van der Waals surface area contributed by atoms with E-state index in [1.165, 1.54) is 0 Å². The minimum atomic E-state index is -3.51. The highest BCUT2D eigenvalue weighted by Gasteiger charge is 2.27. The summed E-state index contributed by atoms with van der Waals surface area (Å²) in [6, 6.07) is 7.00. The van der Waals surface area contributed by atoms with E-state index in [1.54, 1.807) is 23.1 Å². The summed E-state index contributed by atoms with van der Waals surface area (Å²) in [6.07, 6.45) is 3.58. The molecule has 0 unspecified atom stereocenters. The van der Waals surface area contributed by atoms with Gasteiger partial charge in [0.2, 0.25) is 10.0 Å². The molecule has 1 aliphatic heterocycles. The van der Waals surface area contributed by atoms with Gasteiger partial charge in [0.1, 0.15) is 5.69 Å². The molecule has 0 saturated heterocycles. The van der Waals surface area contributed by atoms with Gasteiger partial charge in [-0.15, -0.1) is 0 Å². The number of carbonyl (C=O) groups excluding carboxylic acids is 1. The maximum absolute atomic E-state index is 12.6. The van der Waals surface area contributed by atoms with Gasteiger partial charge in [-0.1, -0.05) is 12.5 Å². The first-order valence-electron chi connectivity index (χ1n) is 8.88. The number of aromatic nitrogens is 2. The van der Waals surface area contributed by atoms with E-state index < -0.39 is 10.0 Å². The predicted octanol–water partition coefficient (Wildman–Crippen LogP) is 1.75. The molecule has 1 fully saturated rings. The average molecular weight is 374 g/mol. The Balaban J connectivity index is 1.55. The molecule has 8 heteroatoms. The molecule has 0 spiro atoms. The minimum absolute atomic E-state index is 0.0528. The Kier molecular flexibility index (Phi) is 4.32. The van der Waals surface area contributed by atoms with Crippen LogP contribution in [-0.2, 0) is 23.0 Å². The monoisotopic (exact) mass is 374 g/mol. The number of nitrogens with zero attached hydrogens (tertiary/aromatic N) is 2. The Labute approximate surface area is 152 Å². The molecule has 1 amide bonds. The molecule has 7 nitrogen and oxygen atoms in total. The molecule has 26 heavy (non-hydrogen) atoms. The first-order chi connectivity index (χ1) is 12.4. The molecular weight excluding hydrogens is 352 g/mol. The maximum Gasteiger partial charge on any atom is 0.274 e. The van der Waals surface area contributed by atoms with E-state index in [-0.39, 0.29) is 16.8 Å². The van der Waals surface area contributed by atoms with E-state index in [4.69, 9.17) is 0 Å². The van der Waals surface area contributed by atoms with Crippen molar-refractivity contribution < 1.29 is 13.2 Å². The lowest BCUT2D eigenvalue weighted by Crippen LogP contribution is -2.39. The number of benzene rings is 1. The van der Waals surface area contributed by atoms with Gasteiger partial charge in [-0.25, -0.2) is 13.1 Å². The lowest BCUT2D eigenvalue weighted by Gasteiger charge is -2.29. The van der Waals surface area contributed by atoms with E-state index >= 15 is 0 Å². The number of rotatable bonds is 4. The number of sulfonamides is 1. The second-order valence-electron chi connectivity index (χ2n) is 7.09. The summed E-state index contributed by atoms with van der Waals surface area (Å²) < 4.78 is 27.9. The van der Waals surface area contributed by atoms with Crippen LogP contribution in [0.1, 0.15) is 46.6 Å². The third-order valence-corrected chi connectivity index (χ3v) is 6.66. The van der Waals surface area contributed by atoms with Gasteiger partial charge < -0.3 is 4.90 Å². The average Bonchev–Trinajstić information content (AvgIpc) is 3.03. The predicted molar refractivity (Wildman–Crippen MR) is 96.2 cm³/mol. The number of aryl methyl sites for hydroxylation is 1. The van der Waals surface area contributed by atoms with E-state index in [1.807, 2.05) is 13.0 Å². The summed E-state index contributed by atoms with van der Waals surface area (Å²) in [5.74, 6) is -0.138. The summed E-state index contributed by atoms with van der Waals surface area (Å²) in [4.78, 5) is 14.6. The van der Waals surface area contributed by atoms with Crippen LogP contribution in [0.25, 0.3) is 0 Å². The van der Waals surface area contributed by atoms with Crippen LogP contribution in [-0.4, -0.2) is 42.0 Å². The van der Waals surface area contributed by atoms with Crippen molar-refractivity contribution in [3.63, 3.8) is 0 Å². The third-order valence-electron chi connectivity index (χ3n) is 5.14. The molecule has 2 N–H and O–H groups in total. The Morgan fingerprint density at radius 3 is 2.73 bits per heavy atom. The summed E-state index contributed by atoms with van der Waals surface area (Å²) >= 11 is 0. The van der Waals surface area contributed by atoms with Crippen molar-refractivity contribution in [2.75, 3.05) is 6.54 Å². The Bertz CT molecular complexity index is 947. The first kappa shape index (κ1) is 17.2. The van der Waals surface area contributed by atoms with E-state index in [0.29, 0.717) is 25.2 Å². The van der Waals surface area contributed by atoms with Crippen molar-refractivity contribution in [3.05, 3.63) is 46.8 Å². The lowest BCUT2D eigenvalue weighted by molar-refractivity contribution is 0.0728. The molecular formula is C18H22N4O3S. The van der Waals surface area contributed by atoms with Crippen LogP contribution in [0.4, 0.5) is 0 Å². The number of nitrogens with one attached hydrogen (secondary N) is 2. The molecule has 0 atom stereocenters. The second-order valence-corrected chi connectivity index (χ2v) is 8.81. The Hall–Kier alpha value is -2.19. The zero-order valence-electron chi connectivity index (χ0n) is 14.7. The fourth-order valence-corrected chi connectivity index (χ4v) is 4.73. The van der Waals surface area contributed by atoms with Crippen LogP contribution in [0.3, 0.4) is 0 Å². The summed E-state index contributed by atoms with van der Waals surface area (Å²) in [7, 11) is -3.51. The Morgan fingerprint density at radius 1 is 1.27 bits per heavy atom. The number of carbonyl (C=O) groups is 1. The normalized spacial score (nSPS) is 17.7. The number of aromatic amines is 1. The number of hydrogen-bond donors (Lipinski definition) is 2. The third kappa shape index (κ3) is 3.26. The van der Waals surface area contributed by atoms with E-state index in [0.717, 1.165) is 36.1 Å². The highest BCUT2D eigenvalue weighted by molar-refractivity contribution is 7.89. The molecule has 138 valence electrons. The summed E-state index contributed by atoms with van der Waals surface area (Å²) in [6.45, 7) is 2.85. The number of hydrogen-bond acceptors (Lipinski definition) is 4. The van der Waals surface area contributed by atoms with Crippen LogP contribution in [0.15, 0.2) is 29.2 Å². The van der Waals surface area contributed by atoms with Crippen molar-refractivity contribution in [1.29, 1.82) is 0 Å². The van der Waals surface area contributed by atoms with E-state index in [9.17, 15) is 13.2 Å². The standard InChI is InChI=1S/C18H22N4O3S/c1-12-9-17(20-19-12)18(23)22-8-7-13-5-6-16(10-14(13)11-22)26(24,25)21-15-3-2-4-15/h5-6,9-10,15,21H,2-4,7-8,11H2,1H3,(H,19,20). The number of amides is 1. The topological polar surface area (TPSA) is 95.2 Å². The molecule has 2 aliphatic rings. The van der Waals surface area contributed by atoms with Gasteiger partial charge in [0.15, 0.2) is 0 Å². The molecule has 1 aromatic carbocycles. The highest BCUT2D eigenvalue weighted by Crippen LogP contribution is 2.25. The van der Waals surface area contributed by atoms with Gasteiger partial charge >= 0.3 is 0 Å². The van der Waals surface area contributed by atoms with Crippen LogP contribution < -0.4 is 4.72 Å². The second kappa shape index (κ2) is 6.51. The first-order valence-corrected chi connectivity index (χ1v) is 10.4. The van der Waals surface area contributed by atoms with E-state index in [2.05, 4.69) is 14.9 Å². The van der Waals surface area contributed by atoms with Crippen molar-refractivity contribution in [3.8, 4) is 0 Å².